The number of carbonyl (C=O) groups is 1. The molecule has 0 aliphatic carbocycles. The van der Waals surface area contributed by atoms with E-state index in [2.05, 4.69) is 19.9 Å². The molecule has 1 aromatic carbocycles. The van der Waals surface area contributed by atoms with Crippen molar-refractivity contribution in [2.24, 2.45) is 0 Å². The first-order valence-electron chi connectivity index (χ1n) is 8.76. The number of pyridine rings is 1. The van der Waals surface area contributed by atoms with E-state index >= 15 is 0 Å². The molecule has 4 rings (SSSR count). The molecule has 1 N–H and O–H groups in total. The number of rotatable bonds is 6. The predicted octanol–water partition coefficient (Wildman–Crippen LogP) is 4.25. The number of ether oxygens (including phenoxy) is 1. The molecule has 0 bridgehead atoms. The van der Waals surface area contributed by atoms with Crippen molar-refractivity contribution < 1.29 is 14.6 Å². The van der Waals surface area contributed by atoms with Gasteiger partial charge < -0.3 is 9.84 Å². The van der Waals surface area contributed by atoms with Crippen LogP contribution in [0.5, 0.6) is 6.01 Å². The molecule has 0 saturated heterocycles. The Kier molecular flexibility index (Phi) is 5.26. The fourth-order valence-corrected chi connectivity index (χ4v) is 3.76. The van der Waals surface area contributed by atoms with Crippen molar-refractivity contribution in [1.29, 1.82) is 0 Å². The van der Waals surface area contributed by atoms with Crippen molar-refractivity contribution in [3.63, 3.8) is 0 Å². The Balaban J connectivity index is 1.56. The van der Waals surface area contributed by atoms with Gasteiger partial charge in [-0.2, -0.15) is 0 Å². The lowest BCUT2D eigenvalue weighted by atomic mass is 10.1. The second kappa shape index (κ2) is 8.15. The topological polar surface area (TPSA) is 98.1 Å². The second-order valence-electron chi connectivity index (χ2n) is 6.15. The van der Waals surface area contributed by atoms with E-state index in [9.17, 15) is 4.79 Å². The fourth-order valence-electron chi connectivity index (χ4n) is 2.78. The SMILES string of the molecule is Cc1nc(COc2ncccn2)sc1-c1ccnc(-c2ccc(C(=O)O)cc2)c1. The van der Waals surface area contributed by atoms with E-state index in [1.54, 1.807) is 60.3 Å². The number of aromatic carboxylic acids is 1. The van der Waals surface area contributed by atoms with Crippen molar-refractivity contribution >= 4 is 17.3 Å². The van der Waals surface area contributed by atoms with E-state index in [4.69, 9.17) is 9.84 Å². The molecular formula is C21H16N4O3S. The van der Waals surface area contributed by atoms with Gasteiger partial charge in [0.25, 0.3) is 0 Å². The number of hydrogen-bond donors (Lipinski definition) is 1. The second-order valence-corrected chi connectivity index (χ2v) is 7.24. The minimum atomic E-state index is -0.950. The fraction of sp³-hybridized carbons (Fsp3) is 0.0952. The third kappa shape index (κ3) is 4.27. The van der Waals surface area contributed by atoms with Crippen LogP contribution in [0.25, 0.3) is 21.7 Å². The van der Waals surface area contributed by atoms with E-state index in [-0.39, 0.29) is 5.56 Å². The van der Waals surface area contributed by atoms with Crippen LogP contribution in [0.2, 0.25) is 0 Å². The van der Waals surface area contributed by atoms with Gasteiger partial charge in [0.15, 0.2) is 0 Å². The van der Waals surface area contributed by atoms with Gasteiger partial charge in [-0.1, -0.05) is 12.1 Å². The van der Waals surface area contributed by atoms with E-state index in [0.717, 1.165) is 32.4 Å². The predicted molar refractivity (Wildman–Crippen MR) is 109 cm³/mol. The zero-order valence-electron chi connectivity index (χ0n) is 15.4. The Hall–Kier alpha value is -3.65. The molecule has 0 saturated carbocycles. The molecule has 0 aliphatic heterocycles. The molecule has 0 unspecified atom stereocenters. The molecule has 0 amide bonds. The highest BCUT2D eigenvalue weighted by molar-refractivity contribution is 7.15. The van der Waals surface area contributed by atoms with E-state index in [1.807, 2.05) is 19.1 Å². The summed E-state index contributed by atoms with van der Waals surface area (Å²) in [6.07, 6.45) is 4.99. The summed E-state index contributed by atoms with van der Waals surface area (Å²) >= 11 is 1.54. The van der Waals surface area contributed by atoms with Crippen molar-refractivity contribution in [3.05, 3.63) is 77.3 Å². The number of aryl methyl sites for hydroxylation is 1. The van der Waals surface area contributed by atoms with Gasteiger partial charge in [0.05, 0.1) is 21.8 Å². The normalized spacial score (nSPS) is 10.7. The molecule has 0 fully saturated rings. The number of nitrogens with zero attached hydrogens (tertiary/aromatic N) is 4. The molecule has 144 valence electrons. The number of carboxylic acid groups (broad SMARTS) is 1. The van der Waals surface area contributed by atoms with Crippen LogP contribution in [0.1, 0.15) is 21.1 Å². The minimum absolute atomic E-state index is 0.246. The van der Waals surface area contributed by atoms with Gasteiger partial charge in [0, 0.05) is 24.2 Å². The van der Waals surface area contributed by atoms with Crippen LogP contribution in [0, 0.1) is 6.92 Å². The standard InChI is InChI=1S/C21H16N4O3S/c1-13-19(29-18(25-13)12-28-21-23-8-2-9-24-21)16-7-10-22-17(11-16)14-3-5-15(6-4-14)20(26)27/h2-11H,12H2,1H3,(H,26,27). The highest BCUT2D eigenvalue weighted by Gasteiger charge is 2.12. The van der Waals surface area contributed by atoms with Gasteiger partial charge in [0.1, 0.15) is 11.6 Å². The first-order chi connectivity index (χ1) is 14.1. The van der Waals surface area contributed by atoms with Gasteiger partial charge in [0.2, 0.25) is 0 Å². The Bertz CT molecular complexity index is 1140. The van der Waals surface area contributed by atoms with Crippen molar-refractivity contribution in [1.82, 2.24) is 19.9 Å². The summed E-state index contributed by atoms with van der Waals surface area (Å²) in [7, 11) is 0. The van der Waals surface area contributed by atoms with E-state index in [0.29, 0.717) is 12.6 Å². The average Bonchev–Trinajstić information content (AvgIpc) is 3.14. The number of carboxylic acids is 1. The maximum Gasteiger partial charge on any atom is 0.335 e. The Labute approximate surface area is 170 Å². The van der Waals surface area contributed by atoms with Crippen LogP contribution in [0.4, 0.5) is 0 Å². The largest absolute Gasteiger partial charge is 0.478 e. The Morgan fingerprint density at radius 3 is 2.52 bits per heavy atom. The van der Waals surface area contributed by atoms with Gasteiger partial charge in [-0.3, -0.25) is 4.98 Å². The monoisotopic (exact) mass is 404 g/mol. The maximum absolute atomic E-state index is 11.0. The van der Waals surface area contributed by atoms with Gasteiger partial charge in [-0.15, -0.1) is 11.3 Å². The first-order valence-corrected chi connectivity index (χ1v) is 9.58. The summed E-state index contributed by atoms with van der Waals surface area (Å²) in [5.41, 5.74) is 3.76. The molecule has 0 aliphatic rings. The van der Waals surface area contributed by atoms with Crippen LogP contribution >= 0.6 is 11.3 Å². The van der Waals surface area contributed by atoms with Crippen LogP contribution in [0.3, 0.4) is 0 Å². The van der Waals surface area contributed by atoms with Gasteiger partial charge in [-0.25, -0.2) is 19.7 Å². The van der Waals surface area contributed by atoms with Gasteiger partial charge >= 0.3 is 12.0 Å². The van der Waals surface area contributed by atoms with Crippen molar-refractivity contribution in [2.45, 2.75) is 13.5 Å². The molecule has 8 heteroatoms. The lowest BCUT2D eigenvalue weighted by Gasteiger charge is -2.04. The third-order valence-electron chi connectivity index (χ3n) is 4.16. The first kappa shape index (κ1) is 18.7. The van der Waals surface area contributed by atoms with Crippen molar-refractivity contribution in [3.8, 4) is 27.7 Å². The molecule has 0 radical (unpaired) electrons. The summed E-state index contributed by atoms with van der Waals surface area (Å²) < 4.78 is 5.59. The molecule has 0 spiro atoms. The average molecular weight is 404 g/mol. The Morgan fingerprint density at radius 2 is 1.79 bits per heavy atom. The lowest BCUT2D eigenvalue weighted by molar-refractivity contribution is 0.0697. The highest BCUT2D eigenvalue weighted by atomic mass is 32.1. The number of aromatic nitrogens is 4. The van der Waals surface area contributed by atoms with Crippen molar-refractivity contribution in [2.75, 3.05) is 0 Å². The number of benzene rings is 1. The highest BCUT2D eigenvalue weighted by Crippen LogP contribution is 2.32. The summed E-state index contributed by atoms with van der Waals surface area (Å²) in [5.74, 6) is -0.950. The molecule has 4 aromatic rings. The summed E-state index contributed by atoms with van der Waals surface area (Å²) in [6.45, 7) is 2.25. The summed E-state index contributed by atoms with van der Waals surface area (Å²) in [6, 6.07) is 12.6. The molecule has 3 aromatic heterocycles. The lowest BCUT2D eigenvalue weighted by Crippen LogP contribution is -1.98. The summed E-state index contributed by atoms with van der Waals surface area (Å²) in [5, 5.41) is 9.88. The van der Waals surface area contributed by atoms with Crippen LogP contribution in [-0.4, -0.2) is 31.0 Å². The quantitative estimate of drug-likeness (QED) is 0.513. The zero-order valence-corrected chi connectivity index (χ0v) is 16.3. The number of hydrogen-bond acceptors (Lipinski definition) is 7. The minimum Gasteiger partial charge on any atom is -0.478 e. The van der Waals surface area contributed by atoms with E-state index in [1.165, 1.54) is 0 Å². The number of thiazole rings is 1. The van der Waals surface area contributed by atoms with Crippen LogP contribution in [-0.2, 0) is 6.61 Å². The smallest absolute Gasteiger partial charge is 0.335 e. The molecule has 7 nitrogen and oxygen atoms in total. The van der Waals surface area contributed by atoms with Crippen LogP contribution in [0.15, 0.2) is 61.1 Å². The zero-order chi connectivity index (χ0) is 20.2. The van der Waals surface area contributed by atoms with Crippen LogP contribution < -0.4 is 4.74 Å². The Morgan fingerprint density at radius 1 is 1.03 bits per heavy atom. The van der Waals surface area contributed by atoms with Gasteiger partial charge in [-0.05, 0) is 42.8 Å². The van der Waals surface area contributed by atoms with E-state index < -0.39 is 5.97 Å². The maximum atomic E-state index is 11.0. The molecule has 0 atom stereocenters. The molecular weight excluding hydrogens is 388 g/mol. The molecule has 29 heavy (non-hydrogen) atoms. The third-order valence-corrected chi connectivity index (χ3v) is 5.34. The summed E-state index contributed by atoms with van der Waals surface area (Å²) in [4.78, 5) is 29.2. The molecule has 3 heterocycles.